The molecule has 84 valence electrons. The molecule has 1 heterocycles. The molecule has 1 aromatic carbocycles. The zero-order chi connectivity index (χ0) is 11.4. The number of aliphatic hydroxyl groups is 2. The first-order valence-corrected chi connectivity index (χ1v) is 5.06. The zero-order valence-electron chi connectivity index (χ0n) is 8.71. The van der Waals surface area contributed by atoms with Crippen molar-refractivity contribution in [2.24, 2.45) is 0 Å². The Morgan fingerprint density at radius 1 is 1.31 bits per heavy atom. The fourth-order valence-electron chi connectivity index (χ4n) is 1.37. The van der Waals surface area contributed by atoms with E-state index in [9.17, 15) is 0 Å². The smallest absolute Gasteiger partial charge is 0.138 e. The largest absolute Gasteiger partial charge is 0.489 e. The lowest BCUT2D eigenvalue weighted by molar-refractivity contribution is 0.0535. The van der Waals surface area contributed by atoms with E-state index in [1.165, 1.54) is 0 Å². The van der Waals surface area contributed by atoms with Crippen LogP contribution < -0.4 is 4.74 Å². The summed E-state index contributed by atoms with van der Waals surface area (Å²) >= 11 is 0. The van der Waals surface area contributed by atoms with E-state index in [2.05, 4.69) is 4.98 Å². The lowest BCUT2D eigenvalue weighted by Crippen LogP contribution is -2.21. The molecule has 0 bridgehead atoms. The zero-order valence-corrected chi connectivity index (χ0v) is 8.71. The number of hydrogen-bond donors (Lipinski definition) is 2. The summed E-state index contributed by atoms with van der Waals surface area (Å²) in [7, 11) is 0. The average molecular weight is 219 g/mol. The predicted octanol–water partition coefficient (Wildman–Crippen LogP) is 0.967. The van der Waals surface area contributed by atoms with Crippen LogP contribution in [0.4, 0.5) is 0 Å². The first kappa shape index (κ1) is 10.9. The molecule has 2 aromatic rings. The summed E-state index contributed by atoms with van der Waals surface area (Å²) in [6.45, 7) is -0.239. The van der Waals surface area contributed by atoms with E-state index in [4.69, 9.17) is 14.9 Å². The summed E-state index contributed by atoms with van der Waals surface area (Å²) in [6.07, 6.45) is 0.748. The van der Waals surface area contributed by atoms with Crippen molar-refractivity contribution in [2.75, 3.05) is 13.2 Å². The molecule has 1 unspecified atom stereocenters. The number of pyridine rings is 1. The summed E-state index contributed by atoms with van der Waals surface area (Å²) in [6, 6.07) is 9.56. The predicted molar refractivity (Wildman–Crippen MR) is 60.3 cm³/mol. The molecule has 0 aliphatic rings. The van der Waals surface area contributed by atoms with Gasteiger partial charge >= 0.3 is 0 Å². The van der Waals surface area contributed by atoms with Crippen LogP contribution in [0.5, 0.6) is 5.75 Å². The molecule has 0 radical (unpaired) electrons. The lowest BCUT2D eigenvalue weighted by atomic mass is 10.2. The maximum absolute atomic E-state index is 9.14. The van der Waals surface area contributed by atoms with Crippen molar-refractivity contribution in [1.29, 1.82) is 0 Å². The monoisotopic (exact) mass is 219 g/mol. The van der Waals surface area contributed by atoms with Gasteiger partial charge in [0.1, 0.15) is 18.5 Å². The van der Waals surface area contributed by atoms with Gasteiger partial charge in [0.15, 0.2) is 0 Å². The second-order valence-corrected chi connectivity index (χ2v) is 3.51. The molecule has 2 N–H and O–H groups in total. The highest BCUT2D eigenvalue weighted by atomic mass is 16.5. The maximum Gasteiger partial charge on any atom is 0.138 e. The van der Waals surface area contributed by atoms with Crippen LogP contribution in [-0.2, 0) is 0 Å². The molecular formula is C12H13NO3. The lowest BCUT2D eigenvalue weighted by Gasteiger charge is -2.09. The van der Waals surface area contributed by atoms with Gasteiger partial charge in [-0.3, -0.25) is 4.98 Å². The van der Waals surface area contributed by atoms with Gasteiger partial charge < -0.3 is 14.9 Å². The molecule has 0 fully saturated rings. The van der Waals surface area contributed by atoms with Gasteiger partial charge in [-0.15, -0.1) is 0 Å². The van der Waals surface area contributed by atoms with Crippen molar-refractivity contribution in [3.8, 4) is 5.75 Å². The van der Waals surface area contributed by atoms with Gasteiger partial charge in [-0.05, 0) is 12.1 Å². The van der Waals surface area contributed by atoms with Gasteiger partial charge in [0.05, 0.1) is 18.3 Å². The number of aromatic nitrogens is 1. The van der Waals surface area contributed by atoms with Crippen molar-refractivity contribution in [3.63, 3.8) is 0 Å². The fourth-order valence-corrected chi connectivity index (χ4v) is 1.37. The van der Waals surface area contributed by atoms with Gasteiger partial charge in [0.25, 0.3) is 0 Å². The van der Waals surface area contributed by atoms with Crippen molar-refractivity contribution < 1.29 is 14.9 Å². The Labute approximate surface area is 93.1 Å². The Kier molecular flexibility index (Phi) is 3.34. The molecule has 0 spiro atoms. The second kappa shape index (κ2) is 4.92. The first-order valence-electron chi connectivity index (χ1n) is 5.06. The Balaban J connectivity index is 2.13. The molecule has 1 atom stereocenters. The number of rotatable bonds is 4. The molecule has 16 heavy (non-hydrogen) atoms. The van der Waals surface area contributed by atoms with E-state index in [0.29, 0.717) is 5.75 Å². The third kappa shape index (κ3) is 2.48. The molecule has 4 heteroatoms. The van der Waals surface area contributed by atoms with Gasteiger partial charge in [-0.2, -0.15) is 0 Å². The average Bonchev–Trinajstić information content (AvgIpc) is 2.35. The Hall–Kier alpha value is -1.65. The number of para-hydroxylation sites is 1. The number of benzene rings is 1. The Morgan fingerprint density at radius 3 is 2.94 bits per heavy atom. The fraction of sp³-hybridized carbons (Fsp3) is 0.250. The van der Waals surface area contributed by atoms with Crippen LogP contribution >= 0.6 is 0 Å². The quantitative estimate of drug-likeness (QED) is 0.804. The molecule has 0 aliphatic heterocycles. The van der Waals surface area contributed by atoms with E-state index < -0.39 is 6.10 Å². The van der Waals surface area contributed by atoms with Gasteiger partial charge in [-0.25, -0.2) is 0 Å². The van der Waals surface area contributed by atoms with Crippen molar-refractivity contribution in [3.05, 3.63) is 36.5 Å². The molecule has 2 rings (SSSR count). The summed E-state index contributed by atoms with van der Waals surface area (Å²) in [5, 5.41) is 18.8. The SMILES string of the molecule is OCC(O)COc1cnc2ccccc2c1. The second-order valence-electron chi connectivity index (χ2n) is 3.51. The number of ether oxygens (including phenoxy) is 1. The third-order valence-electron chi connectivity index (χ3n) is 2.22. The van der Waals surface area contributed by atoms with E-state index in [1.807, 2.05) is 30.3 Å². The van der Waals surface area contributed by atoms with E-state index >= 15 is 0 Å². The minimum absolute atomic E-state index is 0.0660. The van der Waals surface area contributed by atoms with E-state index in [1.54, 1.807) is 6.20 Å². The first-order chi connectivity index (χ1) is 7.79. The van der Waals surface area contributed by atoms with Gasteiger partial charge in [-0.1, -0.05) is 18.2 Å². The van der Waals surface area contributed by atoms with Crippen LogP contribution in [0.25, 0.3) is 10.9 Å². The van der Waals surface area contributed by atoms with Crippen LogP contribution in [0, 0.1) is 0 Å². The minimum atomic E-state index is -0.855. The molecule has 0 amide bonds. The van der Waals surface area contributed by atoms with Crippen LogP contribution in [0.1, 0.15) is 0 Å². The normalized spacial score (nSPS) is 12.6. The maximum atomic E-state index is 9.14. The molecule has 0 saturated carbocycles. The highest BCUT2D eigenvalue weighted by Gasteiger charge is 2.03. The number of aliphatic hydroxyl groups excluding tert-OH is 2. The van der Waals surface area contributed by atoms with Crippen molar-refractivity contribution in [2.45, 2.75) is 6.10 Å². The van der Waals surface area contributed by atoms with Gasteiger partial charge in [0.2, 0.25) is 0 Å². The molecule has 0 saturated heterocycles. The highest BCUT2D eigenvalue weighted by molar-refractivity contribution is 5.79. The summed E-state index contributed by atoms with van der Waals surface area (Å²) < 4.78 is 5.29. The van der Waals surface area contributed by atoms with E-state index in [0.717, 1.165) is 10.9 Å². The summed E-state index contributed by atoms with van der Waals surface area (Å²) in [4.78, 5) is 4.22. The number of nitrogens with zero attached hydrogens (tertiary/aromatic N) is 1. The van der Waals surface area contributed by atoms with E-state index in [-0.39, 0.29) is 13.2 Å². The van der Waals surface area contributed by atoms with Crippen LogP contribution in [-0.4, -0.2) is 34.5 Å². The molecule has 0 aliphatic carbocycles. The summed E-state index contributed by atoms with van der Waals surface area (Å²) in [5.41, 5.74) is 0.901. The van der Waals surface area contributed by atoms with Crippen molar-refractivity contribution >= 4 is 10.9 Å². The number of fused-ring (bicyclic) bond motifs is 1. The Morgan fingerprint density at radius 2 is 2.12 bits per heavy atom. The van der Waals surface area contributed by atoms with Crippen molar-refractivity contribution in [1.82, 2.24) is 4.98 Å². The minimum Gasteiger partial charge on any atom is -0.489 e. The molecule has 1 aromatic heterocycles. The van der Waals surface area contributed by atoms with Crippen LogP contribution in [0.15, 0.2) is 36.5 Å². The Bertz CT molecular complexity index is 473. The number of hydrogen-bond acceptors (Lipinski definition) is 4. The highest BCUT2D eigenvalue weighted by Crippen LogP contribution is 2.17. The molecule has 4 nitrogen and oxygen atoms in total. The molecular weight excluding hydrogens is 206 g/mol. The van der Waals surface area contributed by atoms with Crippen LogP contribution in [0.2, 0.25) is 0 Å². The third-order valence-corrected chi connectivity index (χ3v) is 2.22. The van der Waals surface area contributed by atoms with Gasteiger partial charge in [0, 0.05) is 5.39 Å². The van der Waals surface area contributed by atoms with Crippen LogP contribution in [0.3, 0.4) is 0 Å². The topological polar surface area (TPSA) is 62.6 Å². The summed E-state index contributed by atoms with van der Waals surface area (Å²) in [5.74, 6) is 0.589. The standard InChI is InChI=1S/C12H13NO3/c14-7-10(15)8-16-11-5-9-3-1-2-4-12(9)13-6-11/h1-6,10,14-15H,7-8H2.